The van der Waals surface area contributed by atoms with Crippen molar-refractivity contribution in [1.82, 2.24) is 15.5 Å². The van der Waals surface area contributed by atoms with E-state index in [4.69, 9.17) is 0 Å². The van der Waals surface area contributed by atoms with Gasteiger partial charge < -0.3 is 15.5 Å². The predicted molar refractivity (Wildman–Crippen MR) is 67.0 cm³/mol. The minimum Gasteiger partial charge on any atom is -0.354 e. The van der Waals surface area contributed by atoms with Crippen LogP contribution in [0.5, 0.6) is 0 Å². The van der Waals surface area contributed by atoms with Crippen LogP contribution in [0.4, 0.5) is 4.79 Å². The van der Waals surface area contributed by atoms with Crippen LogP contribution < -0.4 is 10.6 Å². The smallest absolute Gasteiger partial charge is 0.317 e. The monoisotopic (exact) mass is 251 g/mol. The summed E-state index contributed by atoms with van der Waals surface area (Å²) in [4.78, 5) is 25.8. The Bertz CT molecular complexity index is 352. The second-order valence-corrected chi connectivity index (χ2v) is 5.69. The Morgan fingerprint density at radius 2 is 2.00 bits per heavy atom. The number of piperidine rings is 1. The molecule has 3 amide bonds. The van der Waals surface area contributed by atoms with Crippen LogP contribution in [0, 0.1) is 5.92 Å². The van der Waals surface area contributed by atoms with E-state index in [0.717, 1.165) is 32.2 Å². The molecule has 2 N–H and O–H groups in total. The van der Waals surface area contributed by atoms with Crippen molar-refractivity contribution < 1.29 is 9.59 Å². The third kappa shape index (κ3) is 2.06. The molecule has 0 aromatic heterocycles. The molecule has 0 aromatic rings. The fraction of sp³-hybridized carbons (Fsp3) is 0.846. The topological polar surface area (TPSA) is 61.4 Å². The Kier molecular flexibility index (Phi) is 3.14. The Hall–Kier alpha value is -1.26. The van der Waals surface area contributed by atoms with E-state index in [1.807, 2.05) is 4.90 Å². The number of urea groups is 1. The summed E-state index contributed by atoms with van der Waals surface area (Å²) in [6.07, 6.45) is 6.50. The Labute approximate surface area is 107 Å². The van der Waals surface area contributed by atoms with Crippen molar-refractivity contribution in [2.24, 2.45) is 5.92 Å². The molecule has 2 atom stereocenters. The van der Waals surface area contributed by atoms with E-state index in [1.54, 1.807) is 0 Å². The van der Waals surface area contributed by atoms with Gasteiger partial charge in [0.05, 0.1) is 12.0 Å². The summed E-state index contributed by atoms with van der Waals surface area (Å²) in [7, 11) is 0. The van der Waals surface area contributed by atoms with Gasteiger partial charge in [-0.2, -0.15) is 0 Å². The lowest BCUT2D eigenvalue weighted by atomic mass is 9.92. The molecular weight excluding hydrogens is 230 g/mol. The third-order valence-electron chi connectivity index (χ3n) is 4.54. The molecule has 2 heterocycles. The minimum atomic E-state index is 0.0214. The number of carbonyl (C=O) groups is 2. The van der Waals surface area contributed by atoms with Gasteiger partial charge in [-0.1, -0.05) is 12.8 Å². The molecule has 3 fully saturated rings. The van der Waals surface area contributed by atoms with Gasteiger partial charge in [-0.05, 0) is 25.7 Å². The number of nitrogens with zero attached hydrogens (tertiary/aromatic N) is 1. The second kappa shape index (κ2) is 4.78. The number of hydrogen-bond acceptors (Lipinski definition) is 2. The fourth-order valence-corrected chi connectivity index (χ4v) is 3.53. The summed E-state index contributed by atoms with van der Waals surface area (Å²) < 4.78 is 0. The van der Waals surface area contributed by atoms with Crippen molar-refractivity contribution in [2.75, 3.05) is 13.1 Å². The molecule has 2 aliphatic heterocycles. The first-order valence-electron chi connectivity index (χ1n) is 7.10. The zero-order valence-corrected chi connectivity index (χ0v) is 10.7. The molecule has 1 aliphatic carbocycles. The van der Waals surface area contributed by atoms with Crippen LogP contribution in [0.25, 0.3) is 0 Å². The molecule has 2 saturated heterocycles. The number of carbonyl (C=O) groups excluding carboxylic acids is 2. The summed E-state index contributed by atoms with van der Waals surface area (Å²) in [6, 6.07) is 0.462. The molecule has 5 heteroatoms. The molecule has 0 aromatic carbocycles. The van der Waals surface area contributed by atoms with Gasteiger partial charge in [0.15, 0.2) is 0 Å². The standard InChI is InChI=1S/C13H21N3O2/c17-12-10-6-3-7-16(11(10)8-14-12)13(18)15-9-4-1-2-5-9/h9-11H,1-8H2,(H,14,17)(H,15,18). The lowest BCUT2D eigenvalue weighted by Gasteiger charge is -2.36. The zero-order valence-electron chi connectivity index (χ0n) is 10.7. The van der Waals surface area contributed by atoms with Crippen molar-refractivity contribution in [3.05, 3.63) is 0 Å². The van der Waals surface area contributed by atoms with Crippen LogP contribution in [0.15, 0.2) is 0 Å². The number of fused-ring (bicyclic) bond motifs is 1. The third-order valence-corrected chi connectivity index (χ3v) is 4.54. The van der Waals surface area contributed by atoms with Crippen LogP contribution in [-0.4, -0.2) is 42.0 Å². The van der Waals surface area contributed by atoms with Crippen molar-refractivity contribution in [3.63, 3.8) is 0 Å². The van der Waals surface area contributed by atoms with Gasteiger partial charge in [-0.15, -0.1) is 0 Å². The number of rotatable bonds is 1. The van der Waals surface area contributed by atoms with E-state index in [0.29, 0.717) is 12.6 Å². The normalized spacial score (nSPS) is 32.2. The molecule has 0 bridgehead atoms. The average Bonchev–Trinajstić information content (AvgIpc) is 3.00. The highest BCUT2D eigenvalue weighted by molar-refractivity contribution is 5.84. The fourth-order valence-electron chi connectivity index (χ4n) is 3.53. The van der Waals surface area contributed by atoms with Crippen molar-refractivity contribution in [3.8, 4) is 0 Å². The highest BCUT2D eigenvalue weighted by Crippen LogP contribution is 2.27. The van der Waals surface area contributed by atoms with Crippen molar-refractivity contribution in [2.45, 2.75) is 50.6 Å². The Morgan fingerprint density at radius 3 is 2.78 bits per heavy atom. The highest BCUT2D eigenvalue weighted by Gasteiger charge is 2.42. The van der Waals surface area contributed by atoms with Gasteiger partial charge >= 0.3 is 6.03 Å². The molecule has 100 valence electrons. The maximum absolute atomic E-state index is 12.3. The van der Waals surface area contributed by atoms with Crippen LogP contribution in [-0.2, 0) is 4.79 Å². The summed E-state index contributed by atoms with van der Waals surface area (Å²) in [5, 5.41) is 6.00. The minimum absolute atomic E-state index is 0.0214. The molecule has 5 nitrogen and oxygen atoms in total. The van der Waals surface area contributed by atoms with E-state index in [1.165, 1.54) is 12.8 Å². The van der Waals surface area contributed by atoms with E-state index in [9.17, 15) is 9.59 Å². The molecule has 3 aliphatic rings. The number of nitrogens with one attached hydrogen (secondary N) is 2. The average molecular weight is 251 g/mol. The molecule has 1 saturated carbocycles. The van der Waals surface area contributed by atoms with Crippen LogP contribution in [0.2, 0.25) is 0 Å². The largest absolute Gasteiger partial charge is 0.354 e. The molecule has 0 spiro atoms. The highest BCUT2D eigenvalue weighted by atomic mass is 16.2. The van der Waals surface area contributed by atoms with Crippen molar-refractivity contribution >= 4 is 11.9 Å². The van der Waals surface area contributed by atoms with E-state index >= 15 is 0 Å². The number of amides is 3. The summed E-state index contributed by atoms with van der Waals surface area (Å²) in [6.45, 7) is 1.41. The summed E-state index contributed by atoms with van der Waals surface area (Å²) in [5.74, 6) is 0.145. The van der Waals surface area contributed by atoms with Crippen LogP contribution >= 0.6 is 0 Å². The second-order valence-electron chi connectivity index (χ2n) is 5.69. The van der Waals surface area contributed by atoms with E-state index < -0.39 is 0 Å². The molecule has 0 radical (unpaired) electrons. The summed E-state index contributed by atoms with van der Waals surface area (Å²) >= 11 is 0. The van der Waals surface area contributed by atoms with Gasteiger partial charge in [0, 0.05) is 19.1 Å². The summed E-state index contributed by atoms with van der Waals surface area (Å²) in [5.41, 5.74) is 0. The van der Waals surface area contributed by atoms with Gasteiger partial charge in [0.25, 0.3) is 0 Å². The molecule has 18 heavy (non-hydrogen) atoms. The number of hydrogen-bond donors (Lipinski definition) is 2. The van der Waals surface area contributed by atoms with Gasteiger partial charge in [-0.3, -0.25) is 4.79 Å². The lowest BCUT2D eigenvalue weighted by molar-refractivity contribution is -0.123. The van der Waals surface area contributed by atoms with Gasteiger partial charge in [-0.25, -0.2) is 4.79 Å². The predicted octanol–water partition coefficient (Wildman–Crippen LogP) is 0.849. The Morgan fingerprint density at radius 1 is 1.22 bits per heavy atom. The quantitative estimate of drug-likeness (QED) is 0.725. The first kappa shape index (κ1) is 11.8. The van der Waals surface area contributed by atoms with Crippen molar-refractivity contribution in [1.29, 1.82) is 0 Å². The van der Waals surface area contributed by atoms with E-state index in [-0.39, 0.29) is 23.9 Å². The first-order chi connectivity index (χ1) is 8.75. The van der Waals surface area contributed by atoms with Gasteiger partial charge in [0.2, 0.25) is 5.91 Å². The van der Waals surface area contributed by atoms with E-state index in [2.05, 4.69) is 10.6 Å². The SMILES string of the molecule is O=C1NCC2C1CCCN2C(=O)NC1CCCC1. The van der Waals surface area contributed by atoms with Crippen LogP contribution in [0.3, 0.4) is 0 Å². The molecular formula is C13H21N3O2. The number of likely N-dealkylation sites (tertiary alicyclic amines) is 1. The molecule has 2 unspecified atom stereocenters. The Balaban J connectivity index is 1.63. The first-order valence-corrected chi connectivity index (χ1v) is 7.10. The maximum atomic E-state index is 12.3. The zero-order chi connectivity index (χ0) is 12.5. The van der Waals surface area contributed by atoms with Gasteiger partial charge in [0.1, 0.15) is 0 Å². The van der Waals surface area contributed by atoms with Crippen LogP contribution in [0.1, 0.15) is 38.5 Å². The lowest BCUT2D eigenvalue weighted by Crippen LogP contribution is -2.54. The maximum Gasteiger partial charge on any atom is 0.317 e. The molecule has 3 rings (SSSR count).